The van der Waals surface area contributed by atoms with Crippen molar-refractivity contribution in [1.82, 2.24) is 35.1 Å². The monoisotopic (exact) mass is 976 g/mol. The summed E-state index contributed by atoms with van der Waals surface area (Å²) in [6.45, 7) is 17.7. The van der Waals surface area contributed by atoms with Crippen molar-refractivity contribution in [3.05, 3.63) is 77.6 Å². The normalized spacial score (nSPS) is 20.7. The molecule has 2 saturated heterocycles. The first-order valence-corrected chi connectivity index (χ1v) is 25.0. The van der Waals surface area contributed by atoms with Crippen LogP contribution in [0.5, 0.6) is 0 Å². The quantitative estimate of drug-likeness (QED) is 0.101. The molecule has 16 heteroatoms. The number of nitrogens with zero attached hydrogens (tertiary/aromatic N) is 5. The molecule has 0 radical (unpaired) electrons. The minimum Gasteiger partial charge on any atom is -0.462 e. The van der Waals surface area contributed by atoms with Gasteiger partial charge in [-0.15, -0.1) is 0 Å². The zero-order valence-corrected chi connectivity index (χ0v) is 43.1. The Balaban J connectivity index is 1.19. The molecule has 2 fully saturated rings. The summed E-state index contributed by atoms with van der Waals surface area (Å²) in [6.07, 6.45) is 2.13. The van der Waals surface area contributed by atoms with E-state index in [9.17, 15) is 29.4 Å². The minimum atomic E-state index is -2.20. The fraction of sp³-hybridized carbons (Fsp3) is 0.545. The van der Waals surface area contributed by atoms with E-state index in [-0.39, 0.29) is 69.1 Å². The molecule has 6 bridgehead atoms. The zero-order chi connectivity index (χ0) is 51.4. The summed E-state index contributed by atoms with van der Waals surface area (Å²) < 4.78 is 20.3. The predicted octanol–water partition coefficient (Wildman–Crippen LogP) is 5.27. The van der Waals surface area contributed by atoms with Crippen molar-refractivity contribution in [3.8, 4) is 34.2 Å². The van der Waals surface area contributed by atoms with Gasteiger partial charge in [-0.1, -0.05) is 63.9 Å². The van der Waals surface area contributed by atoms with Crippen molar-refractivity contribution < 1.29 is 43.6 Å². The number of nitrogens with one attached hydrogen (secondary N) is 2. The highest BCUT2D eigenvalue weighted by molar-refractivity contribution is 5.96. The number of β-amino-alcohol motifs (C(OH)–C–C–N with tert-alkyl or cyclic N) is 1. The maximum atomic E-state index is 14.7. The molecule has 0 aliphatic carbocycles. The van der Waals surface area contributed by atoms with Gasteiger partial charge in [-0.25, -0.2) is 4.79 Å². The molecule has 4 atom stereocenters. The number of esters is 1. The second kappa shape index (κ2) is 22.0. The van der Waals surface area contributed by atoms with Crippen molar-refractivity contribution in [2.24, 2.45) is 17.3 Å². The Labute approximate surface area is 418 Å². The van der Waals surface area contributed by atoms with Gasteiger partial charge in [-0.2, -0.15) is 5.43 Å². The van der Waals surface area contributed by atoms with Crippen LogP contribution < -0.4 is 10.7 Å². The van der Waals surface area contributed by atoms with E-state index in [0.29, 0.717) is 39.0 Å². The van der Waals surface area contributed by atoms with Crippen molar-refractivity contribution in [3.63, 3.8) is 0 Å². The van der Waals surface area contributed by atoms with Gasteiger partial charge in [-0.05, 0) is 106 Å². The number of hydrogen-bond donors (Lipinski definition) is 4. The van der Waals surface area contributed by atoms with Gasteiger partial charge in [0.1, 0.15) is 6.04 Å². The number of cyclic esters (lactones) is 1. The number of aliphatic hydroxyl groups is 2. The molecular formula is C55H73N7O9. The van der Waals surface area contributed by atoms with Crippen LogP contribution in [0.3, 0.4) is 0 Å². The van der Waals surface area contributed by atoms with Gasteiger partial charge in [-0.3, -0.25) is 29.3 Å². The van der Waals surface area contributed by atoms with E-state index >= 15 is 0 Å². The molecule has 3 aliphatic rings. The molecule has 71 heavy (non-hydrogen) atoms. The lowest BCUT2D eigenvalue weighted by Gasteiger charge is -2.40. The van der Waals surface area contributed by atoms with E-state index in [0.717, 1.165) is 50.1 Å². The number of aromatic nitrogens is 2. The van der Waals surface area contributed by atoms with E-state index in [1.165, 1.54) is 5.01 Å². The van der Waals surface area contributed by atoms with E-state index in [1.807, 2.05) is 90.7 Å². The van der Waals surface area contributed by atoms with Gasteiger partial charge in [0.15, 0.2) is 0 Å². The van der Waals surface area contributed by atoms with Gasteiger partial charge in [0.05, 0.1) is 54.9 Å². The number of carbonyl (C=O) groups is 4. The fourth-order valence-electron chi connectivity index (χ4n) is 9.63. The molecule has 4 N–H and O–H groups in total. The summed E-state index contributed by atoms with van der Waals surface area (Å²) in [5.41, 5.74) is 6.93. The lowest BCUT2D eigenvalue weighted by Crippen LogP contribution is -2.67. The van der Waals surface area contributed by atoms with Crippen LogP contribution in [-0.4, -0.2) is 142 Å². The van der Waals surface area contributed by atoms with Crippen molar-refractivity contribution >= 4 is 34.6 Å². The SMILES string of the molecule is CCn1c(-c2cccnc2[C@H](C)OC)c2c3cc(ccc31)-c1cccc(c1)C[C@H](NC(=O)[C@@H](COC1CN(C(=O)C#CC(C)(C)N(C)CCO)C1)C(C)C)C(=O)N1CCC[C@@](O)(N1)C(=O)OCC(C)(C)C2. The Morgan fingerprint density at radius 2 is 1.83 bits per heavy atom. The summed E-state index contributed by atoms with van der Waals surface area (Å²) in [5.74, 6) is 2.80. The topological polar surface area (TPSA) is 188 Å². The Bertz CT molecular complexity index is 2660. The number of aliphatic hydroxyl groups excluding tert-OH is 1. The highest BCUT2D eigenvalue weighted by Gasteiger charge is 2.45. The van der Waals surface area contributed by atoms with E-state index in [1.54, 1.807) is 18.2 Å². The molecule has 3 aliphatic heterocycles. The van der Waals surface area contributed by atoms with Crippen molar-refractivity contribution in [1.29, 1.82) is 0 Å². The smallest absolute Gasteiger partial charge is 0.355 e. The molecule has 0 saturated carbocycles. The molecule has 2 aromatic carbocycles. The summed E-state index contributed by atoms with van der Waals surface area (Å²) in [4.78, 5) is 64.3. The van der Waals surface area contributed by atoms with E-state index in [4.69, 9.17) is 19.2 Å². The number of amides is 3. The lowest BCUT2D eigenvalue weighted by atomic mass is 9.84. The average Bonchev–Trinajstić information content (AvgIpc) is 3.63. The lowest BCUT2D eigenvalue weighted by molar-refractivity contribution is -0.189. The van der Waals surface area contributed by atoms with Gasteiger partial charge in [0, 0.05) is 80.8 Å². The molecule has 4 aromatic rings. The number of carbonyl (C=O) groups excluding carboxylic acids is 4. The largest absolute Gasteiger partial charge is 0.462 e. The van der Waals surface area contributed by atoms with Crippen LogP contribution in [0.1, 0.15) is 91.2 Å². The first kappa shape index (κ1) is 53.1. The van der Waals surface area contributed by atoms with Crippen LogP contribution in [0.15, 0.2) is 60.8 Å². The number of hydrogen-bond acceptors (Lipinski definition) is 12. The summed E-state index contributed by atoms with van der Waals surface area (Å²) >= 11 is 0. The predicted molar refractivity (Wildman–Crippen MR) is 271 cm³/mol. The summed E-state index contributed by atoms with van der Waals surface area (Å²) in [7, 11) is 3.51. The molecule has 2 aromatic heterocycles. The standard InChI is InChI=1S/C55H73N7O9/c1-11-61-46-19-18-39-29-42(46)43(49(61)41-17-13-23-56-48(41)36(4)69-10)30-53(5,6)34-71-52(67)55(68)21-14-24-62(58-55)51(66)45(28-37-15-12-16-38(39)27-37)57-50(65)44(35(2)3)33-70-40-31-60(32-40)47(64)20-22-54(7,8)59(9)25-26-63/h12-13,15-19,23,27,29,35-36,40,44-45,58,63,68H,11,14,21,24-26,28,30-34H2,1-10H3,(H,57,65)/t36-,44-,45-,55-/m0/s1. The van der Waals surface area contributed by atoms with Crippen LogP contribution in [0.2, 0.25) is 0 Å². The van der Waals surface area contributed by atoms with Crippen LogP contribution in [0, 0.1) is 29.1 Å². The molecule has 3 amide bonds. The molecular weight excluding hydrogens is 903 g/mol. The summed E-state index contributed by atoms with van der Waals surface area (Å²) in [5, 5.41) is 26.6. The van der Waals surface area contributed by atoms with Gasteiger partial charge >= 0.3 is 5.97 Å². The molecule has 7 rings (SSSR count). The fourth-order valence-corrected chi connectivity index (χ4v) is 9.63. The zero-order valence-electron chi connectivity index (χ0n) is 43.1. The first-order valence-electron chi connectivity index (χ1n) is 25.0. The van der Waals surface area contributed by atoms with Crippen LogP contribution >= 0.6 is 0 Å². The second-order valence-electron chi connectivity index (χ2n) is 21.0. The third-order valence-corrected chi connectivity index (χ3v) is 14.4. The van der Waals surface area contributed by atoms with Crippen LogP contribution in [0.4, 0.5) is 0 Å². The molecule has 16 nitrogen and oxygen atoms in total. The van der Waals surface area contributed by atoms with Crippen LogP contribution in [0.25, 0.3) is 33.3 Å². The highest BCUT2D eigenvalue weighted by atomic mass is 16.6. The Hall–Kier alpha value is -5.67. The van der Waals surface area contributed by atoms with Crippen molar-refractivity contribution in [2.45, 2.75) is 117 Å². The molecule has 0 unspecified atom stereocenters. The number of pyridine rings is 1. The van der Waals surface area contributed by atoms with Gasteiger partial charge < -0.3 is 39.2 Å². The third-order valence-electron chi connectivity index (χ3n) is 14.4. The maximum Gasteiger partial charge on any atom is 0.355 e. The number of aryl methyl sites for hydroxylation is 1. The van der Waals surface area contributed by atoms with Crippen LogP contribution in [-0.2, 0) is 52.8 Å². The highest BCUT2D eigenvalue weighted by Crippen LogP contribution is 2.42. The number of rotatable bonds is 13. The van der Waals surface area contributed by atoms with Gasteiger partial charge in [0.25, 0.3) is 11.8 Å². The Kier molecular flexibility index (Phi) is 16.5. The van der Waals surface area contributed by atoms with Gasteiger partial charge in [0.2, 0.25) is 11.6 Å². The number of benzene rings is 2. The van der Waals surface area contributed by atoms with E-state index < -0.39 is 40.5 Å². The Morgan fingerprint density at radius 3 is 2.54 bits per heavy atom. The summed E-state index contributed by atoms with van der Waals surface area (Å²) in [6, 6.07) is 17.3. The molecule has 5 heterocycles. The number of hydrazine groups is 1. The third kappa shape index (κ3) is 11.8. The number of methoxy groups -OCH3 is 1. The van der Waals surface area contributed by atoms with Crippen molar-refractivity contribution in [2.75, 3.05) is 60.2 Å². The number of ether oxygens (including phenoxy) is 3. The average molecular weight is 976 g/mol. The van der Waals surface area contributed by atoms with E-state index in [2.05, 4.69) is 58.3 Å². The maximum absolute atomic E-state index is 14.7. The molecule has 382 valence electrons. The molecule has 0 spiro atoms. The number of likely N-dealkylation sites (tertiary alicyclic amines) is 1. The second-order valence-corrected chi connectivity index (χ2v) is 21.0. The minimum absolute atomic E-state index is 0.0109. The Morgan fingerprint density at radius 1 is 1.08 bits per heavy atom. The first-order chi connectivity index (χ1) is 33.7. The number of likely N-dealkylation sites (N-methyl/N-ethyl adjacent to an activating group) is 1. The number of fused-ring (bicyclic) bond motifs is 6.